The van der Waals surface area contributed by atoms with E-state index < -0.39 is 4.92 Å². The van der Waals surface area contributed by atoms with E-state index in [0.29, 0.717) is 17.2 Å². The van der Waals surface area contributed by atoms with Gasteiger partial charge in [0.05, 0.1) is 4.92 Å². The fourth-order valence-electron chi connectivity index (χ4n) is 2.12. The van der Waals surface area contributed by atoms with Gasteiger partial charge in [0.1, 0.15) is 5.69 Å². The van der Waals surface area contributed by atoms with E-state index in [0.717, 1.165) is 24.5 Å². The number of nitrogens with one attached hydrogen (secondary N) is 2. The van der Waals surface area contributed by atoms with Crippen molar-refractivity contribution in [3.05, 3.63) is 33.9 Å². The summed E-state index contributed by atoms with van der Waals surface area (Å²) in [5.74, 6) is 2.48. The Balaban J connectivity index is 2.14. The molecule has 1 heterocycles. The molecule has 0 saturated carbocycles. The molecule has 2 N–H and O–H groups in total. The molecule has 1 amide bonds. The molecule has 2 rings (SSSR count). The number of anilines is 1. The van der Waals surface area contributed by atoms with Gasteiger partial charge in [0, 0.05) is 25.2 Å². The zero-order valence-corrected chi connectivity index (χ0v) is 12.0. The molecule has 0 bridgehead atoms. The summed E-state index contributed by atoms with van der Waals surface area (Å²) < 4.78 is 0. The second-order valence-corrected chi connectivity index (χ2v) is 5.83. The summed E-state index contributed by atoms with van der Waals surface area (Å²) in [6.07, 6.45) is 1.14. The van der Waals surface area contributed by atoms with Gasteiger partial charge in [-0.1, -0.05) is 0 Å². The first kappa shape index (κ1) is 14.6. The molecule has 0 aliphatic carbocycles. The lowest BCUT2D eigenvalue weighted by atomic mass is 10.1. The van der Waals surface area contributed by atoms with Crippen LogP contribution in [0.2, 0.25) is 0 Å². The molecule has 1 atom stereocenters. The third-order valence-corrected chi connectivity index (χ3v) is 4.52. The van der Waals surface area contributed by atoms with Gasteiger partial charge in [-0.25, -0.2) is 0 Å². The monoisotopic (exact) mass is 295 g/mol. The van der Waals surface area contributed by atoms with Crippen molar-refractivity contribution in [3.8, 4) is 0 Å². The summed E-state index contributed by atoms with van der Waals surface area (Å²) in [6, 6.07) is 4.51. The summed E-state index contributed by atoms with van der Waals surface area (Å²) in [5.41, 5.74) is 0.706. The lowest BCUT2D eigenvalue weighted by Gasteiger charge is -2.12. The normalized spacial score (nSPS) is 17.8. The molecule has 0 aromatic heterocycles. The van der Waals surface area contributed by atoms with Crippen LogP contribution in [0.1, 0.15) is 16.8 Å². The molecule has 1 aliphatic rings. The van der Waals surface area contributed by atoms with Crippen LogP contribution in [0.25, 0.3) is 0 Å². The zero-order valence-electron chi connectivity index (χ0n) is 11.2. The largest absolute Gasteiger partial charge is 0.379 e. The van der Waals surface area contributed by atoms with Gasteiger partial charge in [-0.3, -0.25) is 14.9 Å². The number of nitro groups is 1. The summed E-state index contributed by atoms with van der Waals surface area (Å²) in [6.45, 7) is 0.729. The van der Waals surface area contributed by atoms with Crippen LogP contribution in [-0.2, 0) is 0 Å². The average Bonchev–Trinajstić information content (AvgIpc) is 2.97. The van der Waals surface area contributed by atoms with Crippen molar-refractivity contribution in [1.29, 1.82) is 0 Å². The van der Waals surface area contributed by atoms with Crippen molar-refractivity contribution in [2.75, 3.05) is 30.4 Å². The molecule has 1 aromatic rings. The lowest BCUT2D eigenvalue weighted by molar-refractivity contribution is -0.384. The second kappa shape index (κ2) is 6.60. The number of carbonyl (C=O) groups excluding carboxylic acids is 1. The van der Waals surface area contributed by atoms with E-state index in [-0.39, 0.29) is 11.6 Å². The Hall–Kier alpha value is -1.76. The SMILES string of the molecule is CNC(=O)c1ccc(NCC2CCSC2)c([N+](=O)[O-])c1. The van der Waals surface area contributed by atoms with E-state index in [1.165, 1.54) is 13.1 Å². The minimum atomic E-state index is -0.460. The molecule has 1 saturated heterocycles. The first-order chi connectivity index (χ1) is 9.61. The third kappa shape index (κ3) is 3.41. The standard InChI is InChI=1S/C13H17N3O3S/c1-14-13(17)10-2-3-11(12(6-10)16(18)19)15-7-9-4-5-20-8-9/h2-3,6,9,15H,4-5,7-8H2,1H3,(H,14,17). The fraction of sp³-hybridized carbons (Fsp3) is 0.462. The smallest absolute Gasteiger partial charge is 0.293 e. The minimum absolute atomic E-state index is 0.0586. The number of amides is 1. The van der Waals surface area contributed by atoms with Gasteiger partial charge in [-0.05, 0) is 36.0 Å². The van der Waals surface area contributed by atoms with Crippen molar-refractivity contribution < 1.29 is 9.72 Å². The maximum atomic E-state index is 11.5. The number of carbonyl (C=O) groups is 1. The van der Waals surface area contributed by atoms with Gasteiger partial charge in [0.15, 0.2) is 0 Å². The first-order valence-corrected chi connectivity index (χ1v) is 7.59. The molecule has 0 radical (unpaired) electrons. The Morgan fingerprint density at radius 3 is 2.95 bits per heavy atom. The van der Waals surface area contributed by atoms with Crippen LogP contribution >= 0.6 is 11.8 Å². The van der Waals surface area contributed by atoms with Crippen LogP contribution in [-0.4, -0.2) is 35.9 Å². The Labute approximate surface area is 121 Å². The predicted molar refractivity (Wildman–Crippen MR) is 80.4 cm³/mol. The topological polar surface area (TPSA) is 84.3 Å². The third-order valence-electron chi connectivity index (χ3n) is 3.29. The molecule has 1 unspecified atom stereocenters. The van der Waals surface area contributed by atoms with Gasteiger partial charge < -0.3 is 10.6 Å². The van der Waals surface area contributed by atoms with Crippen molar-refractivity contribution >= 4 is 29.0 Å². The van der Waals surface area contributed by atoms with Gasteiger partial charge in [0.25, 0.3) is 11.6 Å². The highest BCUT2D eigenvalue weighted by Crippen LogP contribution is 2.28. The fourth-order valence-corrected chi connectivity index (χ4v) is 3.40. The molecule has 7 heteroatoms. The summed E-state index contributed by atoms with van der Waals surface area (Å²) >= 11 is 1.91. The van der Waals surface area contributed by atoms with E-state index in [4.69, 9.17) is 0 Å². The van der Waals surface area contributed by atoms with Gasteiger partial charge in [0.2, 0.25) is 0 Å². The highest BCUT2D eigenvalue weighted by atomic mass is 32.2. The van der Waals surface area contributed by atoms with Gasteiger partial charge in [-0.15, -0.1) is 0 Å². The number of thioether (sulfide) groups is 1. The number of hydrogen-bond acceptors (Lipinski definition) is 5. The maximum absolute atomic E-state index is 11.5. The first-order valence-electron chi connectivity index (χ1n) is 6.44. The Morgan fingerprint density at radius 2 is 2.35 bits per heavy atom. The van der Waals surface area contributed by atoms with Gasteiger partial charge >= 0.3 is 0 Å². The van der Waals surface area contributed by atoms with Crippen LogP contribution in [0.5, 0.6) is 0 Å². The quantitative estimate of drug-likeness (QED) is 0.642. The Kier molecular flexibility index (Phi) is 4.84. The van der Waals surface area contributed by atoms with Crippen LogP contribution in [0.3, 0.4) is 0 Å². The summed E-state index contributed by atoms with van der Waals surface area (Å²) in [7, 11) is 1.50. The molecule has 1 aromatic carbocycles. The molecular formula is C13H17N3O3S. The molecular weight excluding hydrogens is 278 g/mol. The van der Waals surface area contributed by atoms with Crippen LogP contribution < -0.4 is 10.6 Å². The number of nitro benzene ring substituents is 1. The zero-order chi connectivity index (χ0) is 14.5. The van der Waals surface area contributed by atoms with E-state index in [2.05, 4.69) is 10.6 Å². The van der Waals surface area contributed by atoms with E-state index >= 15 is 0 Å². The Morgan fingerprint density at radius 1 is 1.55 bits per heavy atom. The maximum Gasteiger partial charge on any atom is 0.293 e. The number of rotatable bonds is 5. The summed E-state index contributed by atoms with van der Waals surface area (Å²) in [5, 5.41) is 16.7. The van der Waals surface area contributed by atoms with E-state index in [1.807, 2.05) is 11.8 Å². The Bertz CT molecular complexity index is 516. The average molecular weight is 295 g/mol. The molecule has 1 fully saturated rings. The van der Waals surface area contributed by atoms with Crippen LogP contribution in [0.4, 0.5) is 11.4 Å². The van der Waals surface area contributed by atoms with Crippen molar-refractivity contribution in [1.82, 2.24) is 5.32 Å². The van der Waals surface area contributed by atoms with E-state index in [1.54, 1.807) is 12.1 Å². The highest BCUT2D eigenvalue weighted by molar-refractivity contribution is 7.99. The van der Waals surface area contributed by atoms with Crippen molar-refractivity contribution in [3.63, 3.8) is 0 Å². The lowest BCUT2D eigenvalue weighted by Crippen LogP contribution is -2.18. The second-order valence-electron chi connectivity index (χ2n) is 4.68. The molecule has 20 heavy (non-hydrogen) atoms. The van der Waals surface area contributed by atoms with Crippen LogP contribution in [0, 0.1) is 16.0 Å². The molecule has 0 spiro atoms. The molecule has 1 aliphatic heterocycles. The van der Waals surface area contributed by atoms with E-state index in [9.17, 15) is 14.9 Å². The highest BCUT2D eigenvalue weighted by Gasteiger charge is 2.19. The van der Waals surface area contributed by atoms with Gasteiger partial charge in [-0.2, -0.15) is 11.8 Å². The summed E-state index contributed by atoms with van der Waals surface area (Å²) in [4.78, 5) is 22.2. The molecule has 108 valence electrons. The van der Waals surface area contributed by atoms with Crippen molar-refractivity contribution in [2.24, 2.45) is 5.92 Å². The predicted octanol–water partition coefficient (Wildman–Crippen LogP) is 2.12. The number of nitrogens with zero attached hydrogens (tertiary/aromatic N) is 1. The van der Waals surface area contributed by atoms with Crippen LogP contribution in [0.15, 0.2) is 18.2 Å². The number of benzene rings is 1. The van der Waals surface area contributed by atoms with Crippen molar-refractivity contribution in [2.45, 2.75) is 6.42 Å². The molecule has 6 nitrogen and oxygen atoms in total. The minimum Gasteiger partial charge on any atom is -0.379 e. The number of hydrogen-bond donors (Lipinski definition) is 2.